The molecule has 1 N–H and O–H groups in total. The van der Waals surface area contributed by atoms with E-state index in [0.29, 0.717) is 36.3 Å². The Kier molecular flexibility index (Phi) is 6.14. The summed E-state index contributed by atoms with van der Waals surface area (Å²) >= 11 is 0. The highest BCUT2D eigenvalue weighted by Crippen LogP contribution is 2.46. The molecule has 2 atom stereocenters. The Hall–Kier alpha value is -1.96. The summed E-state index contributed by atoms with van der Waals surface area (Å²) < 4.78 is 39.1. The molecule has 0 spiro atoms. The molecular weight excluding hydrogens is 366 g/mol. The number of benzene rings is 1. The Morgan fingerprint density at radius 3 is 2.89 bits per heavy atom. The van der Waals surface area contributed by atoms with Gasteiger partial charge in [0.05, 0.1) is 37.9 Å². The van der Waals surface area contributed by atoms with Crippen LogP contribution in [0.2, 0.25) is 0 Å². The van der Waals surface area contributed by atoms with Gasteiger partial charge in [0.1, 0.15) is 11.4 Å². The fourth-order valence-electron chi connectivity index (χ4n) is 3.20. The first-order valence-corrected chi connectivity index (χ1v) is 11.3. The minimum atomic E-state index is -3.46. The van der Waals surface area contributed by atoms with E-state index in [1.54, 1.807) is 6.92 Å². The average Bonchev–Trinajstić information content (AvgIpc) is 3.21. The third-order valence-electron chi connectivity index (χ3n) is 5.12. The molecule has 0 saturated carbocycles. The van der Waals surface area contributed by atoms with Crippen LogP contribution in [0.3, 0.4) is 0 Å². The maximum Gasteiger partial charge on any atom is 0.232 e. The molecule has 150 valence electrons. The number of aliphatic imine (C=N–C) groups is 1. The normalized spacial score (nSPS) is 20.1. The number of hydrogen-bond donors (Lipinski definition) is 1. The van der Waals surface area contributed by atoms with Crippen LogP contribution in [0.25, 0.3) is 0 Å². The summed E-state index contributed by atoms with van der Waals surface area (Å²) in [6.45, 7) is 8.53. The van der Waals surface area contributed by atoms with Crippen LogP contribution in [0.5, 0.6) is 11.5 Å². The third kappa shape index (κ3) is 4.48. The van der Waals surface area contributed by atoms with Crippen LogP contribution in [0.4, 0.5) is 5.69 Å². The fourth-order valence-corrected chi connectivity index (χ4v) is 3.84. The predicted octanol–water partition coefficient (Wildman–Crippen LogP) is 3.04. The van der Waals surface area contributed by atoms with Crippen molar-refractivity contribution in [3.05, 3.63) is 17.7 Å². The zero-order valence-corrected chi connectivity index (χ0v) is 17.1. The summed E-state index contributed by atoms with van der Waals surface area (Å²) in [5, 5.41) is 0. The molecule has 2 aliphatic heterocycles. The fraction of sp³-hybridized carbons (Fsp3) is 0.632. The highest BCUT2D eigenvalue weighted by Gasteiger charge is 2.31. The Labute approximate surface area is 161 Å². The molecule has 1 aromatic rings. The van der Waals surface area contributed by atoms with Crippen molar-refractivity contribution in [1.29, 1.82) is 0 Å². The van der Waals surface area contributed by atoms with Crippen molar-refractivity contribution >= 4 is 22.0 Å². The van der Waals surface area contributed by atoms with Gasteiger partial charge in [-0.2, -0.15) is 0 Å². The standard InChI is InChI=1S/C19H29N3O4S/c1-4-14(3)12-26-17-7-6-15-16(22-10-9-20-13-22)8-11-25-19(15)18(17)21-27(23,24)5-2/h6-7,13-14,16,21H,4-5,8-12H2,1-3H3. The smallest absolute Gasteiger partial charge is 0.232 e. The topological polar surface area (TPSA) is 80.2 Å². The molecular formula is C19H29N3O4S. The molecule has 0 fully saturated rings. The van der Waals surface area contributed by atoms with Crippen LogP contribution < -0.4 is 14.2 Å². The van der Waals surface area contributed by atoms with Crippen LogP contribution in [-0.4, -0.2) is 51.7 Å². The van der Waals surface area contributed by atoms with E-state index >= 15 is 0 Å². The van der Waals surface area contributed by atoms with Crippen molar-refractivity contribution in [2.75, 3.05) is 36.8 Å². The maximum absolute atomic E-state index is 12.3. The monoisotopic (exact) mass is 395 g/mol. The first-order valence-electron chi connectivity index (χ1n) is 9.63. The minimum Gasteiger partial charge on any atom is -0.491 e. The first kappa shape index (κ1) is 19.8. The van der Waals surface area contributed by atoms with Gasteiger partial charge < -0.3 is 14.4 Å². The van der Waals surface area contributed by atoms with Crippen LogP contribution in [-0.2, 0) is 10.0 Å². The van der Waals surface area contributed by atoms with Gasteiger partial charge >= 0.3 is 0 Å². The van der Waals surface area contributed by atoms with Gasteiger partial charge in [-0.25, -0.2) is 8.42 Å². The summed E-state index contributed by atoms with van der Waals surface area (Å²) in [5.41, 5.74) is 1.39. The molecule has 0 aromatic heterocycles. The van der Waals surface area contributed by atoms with E-state index in [1.807, 2.05) is 18.5 Å². The zero-order chi connectivity index (χ0) is 19.4. The lowest BCUT2D eigenvalue weighted by Crippen LogP contribution is -2.31. The van der Waals surface area contributed by atoms with Crippen LogP contribution in [0, 0.1) is 5.92 Å². The van der Waals surface area contributed by atoms with Crippen molar-refractivity contribution in [3.63, 3.8) is 0 Å². The number of nitrogens with zero attached hydrogens (tertiary/aromatic N) is 2. The molecule has 0 saturated heterocycles. The summed E-state index contributed by atoms with van der Waals surface area (Å²) in [6, 6.07) is 3.97. The Bertz CT molecular complexity index is 794. The minimum absolute atomic E-state index is 0.0102. The molecule has 8 heteroatoms. The molecule has 0 bridgehead atoms. The molecule has 3 rings (SSSR count). The van der Waals surface area contributed by atoms with Crippen molar-refractivity contribution in [2.24, 2.45) is 10.9 Å². The highest BCUT2D eigenvalue weighted by molar-refractivity contribution is 7.92. The maximum atomic E-state index is 12.3. The van der Waals surface area contributed by atoms with Gasteiger partial charge in [0, 0.05) is 18.5 Å². The largest absolute Gasteiger partial charge is 0.491 e. The number of ether oxygens (including phenoxy) is 2. The molecule has 1 aromatic carbocycles. The van der Waals surface area contributed by atoms with E-state index in [1.165, 1.54) is 0 Å². The average molecular weight is 396 g/mol. The molecule has 2 unspecified atom stereocenters. The molecule has 7 nitrogen and oxygen atoms in total. The predicted molar refractivity (Wildman–Crippen MR) is 107 cm³/mol. The van der Waals surface area contributed by atoms with E-state index in [9.17, 15) is 8.42 Å². The van der Waals surface area contributed by atoms with Crippen molar-refractivity contribution in [3.8, 4) is 11.5 Å². The molecule has 0 aliphatic carbocycles. The number of anilines is 1. The van der Waals surface area contributed by atoms with Gasteiger partial charge in [-0.3, -0.25) is 9.71 Å². The Morgan fingerprint density at radius 1 is 1.41 bits per heavy atom. The summed E-state index contributed by atoms with van der Waals surface area (Å²) in [5.74, 6) is 1.46. The summed E-state index contributed by atoms with van der Waals surface area (Å²) in [7, 11) is -3.46. The lowest BCUT2D eigenvalue weighted by Gasteiger charge is -2.34. The molecule has 2 heterocycles. The van der Waals surface area contributed by atoms with Gasteiger partial charge in [0.15, 0.2) is 5.75 Å². The van der Waals surface area contributed by atoms with E-state index in [0.717, 1.165) is 31.5 Å². The zero-order valence-electron chi connectivity index (χ0n) is 16.3. The lowest BCUT2D eigenvalue weighted by atomic mass is 9.98. The van der Waals surface area contributed by atoms with Crippen molar-refractivity contribution < 1.29 is 17.9 Å². The SMILES string of the molecule is CCC(C)COc1ccc2c(c1NS(=O)(=O)CC)OCCC2N1C=NCC1. The molecule has 2 aliphatic rings. The number of fused-ring (bicyclic) bond motifs is 1. The Morgan fingerprint density at radius 2 is 2.22 bits per heavy atom. The van der Waals surface area contributed by atoms with Gasteiger partial charge in [0.25, 0.3) is 0 Å². The van der Waals surface area contributed by atoms with Gasteiger partial charge in [-0.15, -0.1) is 0 Å². The number of nitrogens with one attached hydrogen (secondary N) is 1. The van der Waals surface area contributed by atoms with E-state index in [-0.39, 0.29) is 11.8 Å². The second-order valence-electron chi connectivity index (χ2n) is 7.10. The third-order valence-corrected chi connectivity index (χ3v) is 6.40. The molecule has 0 radical (unpaired) electrons. The van der Waals surface area contributed by atoms with Gasteiger partial charge in [0.2, 0.25) is 10.0 Å². The number of rotatable bonds is 8. The van der Waals surface area contributed by atoms with Gasteiger partial charge in [-0.05, 0) is 25.0 Å². The van der Waals surface area contributed by atoms with E-state index in [4.69, 9.17) is 9.47 Å². The molecule has 27 heavy (non-hydrogen) atoms. The number of hydrogen-bond acceptors (Lipinski definition) is 6. The van der Waals surface area contributed by atoms with Crippen LogP contribution in [0.1, 0.15) is 45.2 Å². The highest BCUT2D eigenvalue weighted by atomic mass is 32.2. The second-order valence-corrected chi connectivity index (χ2v) is 9.11. The van der Waals surface area contributed by atoms with Crippen LogP contribution in [0.15, 0.2) is 17.1 Å². The number of sulfonamides is 1. The summed E-state index contributed by atoms with van der Waals surface area (Å²) in [4.78, 5) is 6.50. The van der Waals surface area contributed by atoms with Crippen LogP contribution >= 0.6 is 0 Å². The Balaban J connectivity index is 1.99. The van der Waals surface area contributed by atoms with E-state index < -0.39 is 10.0 Å². The first-order chi connectivity index (χ1) is 12.9. The van der Waals surface area contributed by atoms with Gasteiger partial charge in [-0.1, -0.05) is 20.3 Å². The molecule has 0 amide bonds. The lowest BCUT2D eigenvalue weighted by molar-refractivity contribution is 0.208. The van der Waals surface area contributed by atoms with Crippen molar-refractivity contribution in [2.45, 2.75) is 39.7 Å². The summed E-state index contributed by atoms with van der Waals surface area (Å²) in [6.07, 6.45) is 3.71. The quantitative estimate of drug-likeness (QED) is 0.732. The van der Waals surface area contributed by atoms with E-state index in [2.05, 4.69) is 28.5 Å². The van der Waals surface area contributed by atoms with Crippen molar-refractivity contribution in [1.82, 2.24) is 4.90 Å². The second kappa shape index (κ2) is 8.37.